The molecule has 0 aliphatic carbocycles. The van der Waals surface area contributed by atoms with Crippen molar-refractivity contribution in [2.45, 2.75) is 20.4 Å². The maximum absolute atomic E-state index is 6.23. The Morgan fingerprint density at radius 1 is 1.00 bits per heavy atom. The van der Waals surface area contributed by atoms with Crippen molar-refractivity contribution in [2.75, 3.05) is 5.32 Å². The van der Waals surface area contributed by atoms with Crippen LogP contribution in [0.25, 0.3) is 10.9 Å². The first kappa shape index (κ1) is 13.9. The molecule has 0 bridgehead atoms. The Labute approximate surface area is 129 Å². The number of nitrogens with zero attached hydrogens (tertiary/aromatic N) is 1. The molecule has 0 spiro atoms. The first-order chi connectivity index (χ1) is 10.2. The zero-order valence-electron chi connectivity index (χ0n) is 12.2. The summed E-state index contributed by atoms with van der Waals surface area (Å²) in [5.74, 6) is 0. The highest BCUT2D eigenvalue weighted by molar-refractivity contribution is 6.35. The molecular formula is C18H17ClN2. The van der Waals surface area contributed by atoms with Gasteiger partial charge in [-0.15, -0.1) is 0 Å². The van der Waals surface area contributed by atoms with Gasteiger partial charge in [0.05, 0.1) is 16.2 Å². The summed E-state index contributed by atoms with van der Waals surface area (Å²) in [7, 11) is 0. The standard InChI is InChI=1S/C18H17ClN2/c1-12-5-3-6-13(2)15(12)11-21-17-9-8-16(19)14-7-4-10-20-18(14)17/h3-10,21H,11H2,1-2H3. The van der Waals surface area contributed by atoms with Gasteiger partial charge >= 0.3 is 0 Å². The average Bonchev–Trinajstić information content (AvgIpc) is 2.49. The SMILES string of the molecule is Cc1cccc(C)c1CNc1ccc(Cl)c2cccnc12. The van der Waals surface area contributed by atoms with Crippen molar-refractivity contribution >= 4 is 28.2 Å². The second kappa shape index (κ2) is 5.74. The van der Waals surface area contributed by atoms with E-state index < -0.39 is 0 Å². The van der Waals surface area contributed by atoms with Crippen LogP contribution in [0.3, 0.4) is 0 Å². The number of benzene rings is 2. The fraction of sp³-hybridized carbons (Fsp3) is 0.167. The summed E-state index contributed by atoms with van der Waals surface area (Å²) in [6, 6.07) is 14.2. The maximum atomic E-state index is 6.23. The van der Waals surface area contributed by atoms with Crippen molar-refractivity contribution in [3.8, 4) is 0 Å². The fourth-order valence-electron chi connectivity index (χ4n) is 2.59. The van der Waals surface area contributed by atoms with Gasteiger partial charge in [-0.2, -0.15) is 0 Å². The van der Waals surface area contributed by atoms with Crippen LogP contribution in [0, 0.1) is 13.8 Å². The van der Waals surface area contributed by atoms with Crippen LogP contribution >= 0.6 is 11.6 Å². The van der Waals surface area contributed by atoms with E-state index in [-0.39, 0.29) is 0 Å². The first-order valence-electron chi connectivity index (χ1n) is 6.99. The normalized spacial score (nSPS) is 10.8. The van der Waals surface area contributed by atoms with Gasteiger partial charge in [-0.05, 0) is 54.8 Å². The number of fused-ring (bicyclic) bond motifs is 1. The van der Waals surface area contributed by atoms with Crippen molar-refractivity contribution in [3.63, 3.8) is 0 Å². The molecule has 0 radical (unpaired) electrons. The number of aryl methyl sites for hydroxylation is 2. The Bertz CT molecular complexity index is 776. The second-order valence-electron chi connectivity index (χ2n) is 5.22. The van der Waals surface area contributed by atoms with Gasteiger partial charge in [-0.3, -0.25) is 4.98 Å². The van der Waals surface area contributed by atoms with E-state index in [1.165, 1.54) is 16.7 Å². The van der Waals surface area contributed by atoms with Gasteiger partial charge in [0.1, 0.15) is 0 Å². The lowest BCUT2D eigenvalue weighted by atomic mass is 10.0. The van der Waals surface area contributed by atoms with Crippen LogP contribution in [0.15, 0.2) is 48.7 Å². The topological polar surface area (TPSA) is 24.9 Å². The van der Waals surface area contributed by atoms with Gasteiger partial charge in [0, 0.05) is 18.1 Å². The van der Waals surface area contributed by atoms with Crippen molar-refractivity contribution in [3.05, 3.63) is 70.4 Å². The molecule has 3 heteroatoms. The molecule has 0 aliphatic heterocycles. The third-order valence-corrected chi connectivity index (χ3v) is 4.15. The molecule has 0 amide bonds. The molecule has 21 heavy (non-hydrogen) atoms. The van der Waals surface area contributed by atoms with Gasteiger partial charge in [0.2, 0.25) is 0 Å². The number of rotatable bonds is 3. The quantitative estimate of drug-likeness (QED) is 0.726. The highest BCUT2D eigenvalue weighted by atomic mass is 35.5. The minimum atomic E-state index is 0.732. The fourth-order valence-corrected chi connectivity index (χ4v) is 2.81. The van der Waals surface area contributed by atoms with E-state index in [0.717, 1.165) is 28.2 Å². The number of pyridine rings is 1. The number of aromatic nitrogens is 1. The summed E-state index contributed by atoms with van der Waals surface area (Å²) < 4.78 is 0. The van der Waals surface area contributed by atoms with E-state index in [0.29, 0.717) is 0 Å². The summed E-state index contributed by atoms with van der Waals surface area (Å²) in [5.41, 5.74) is 5.85. The van der Waals surface area contributed by atoms with Crippen LogP contribution in [-0.4, -0.2) is 4.98 Å². The van der Waals surface area contributed by atoms with Gasteiger partial charge in [-0.1, -0.05) is 29.8 Å². The van der Waals surface area contributed by atoms with Crippen LogP contribution in [0.2, 0.25) is 5.02 Å². The van der Waals surface area contributed by atoms with E-state index >= 15 is 0 Å². The number of hydrogen-bond donors (Lipinski definition) is 1. The molecule has 3 rings (SSSR count). The summed E-state index contributed by atoms with van der Waals surface area (Å²) in [6.07, 6.45) is 1.79. The molecule has 106 valence electrons. The Hall–Kier alpha value is -2.06. The molecule has 2 aromatic carbocycles. The molecule has 1 aromatic heterocycles. The summed E-state index contributed by atoms with van der Waals surface area (Å²) >= 11 is 6.23. The molecule has 0 atom stereocenters. The number of nitrogens with one attached hydrogen (secondary N) is 1. The first-order valence-corrected chi connectivity index (χ1v) is 7.37. The van der Waals surface area contributed by atoms with Crippen LogP contribution in [0.1, 0.15) is 16.7 Å². The molecule has 3 aromatic rings. The molecule has 2 nitrogen and oxygen atoms in total. The Morgan fingerprint density at radius 2 is 1.76 bits per heavy atom. The van der Waals surface area contributed by atoms with E-state index in [1.807, 2.05) is 24.3 Å². The predicted octanol–water partition coefficient (Wildman–Crippen LogP) is 5.12. The average molecular weight is 297 g/mol. The third-order valence-electron chi connectivity index (χ3n) is 3.82. The molecule has 0 saturated carbocycles. The van der Waals surface area contributed by atoms with Crippen LogP contribution in [-0.2, 0) is 6.54 Å². The molecule has 1 heterocycles. The second-order valence-corrected chi connectivity index (χ2v) is 5.63. The molecule has 1 N–H and O–H groups in total. The van der Waals surface area contributed by atoms with Crippen LogP contribution in [0.4, 0.5) is 5.69 Å². The summed E-state index contributed by atoms with van der Waals surface area (Å²) in [5, 5.41) is 5.20. The molecular weight excluding hydrogens is 280 g/mol. The van der Waals surface area contributed by atoms with E-state index in [1.54, 1.807) is 6.20 Å². The summed E-state index contributed by atoms with van der Waals surface area (Å²) in [4.78, 5) is 4.45. The highest BCUT2D eigenvalue weighted by Gasteiger charge is 2.07. The van der Waals surface area contributed by atoms with Gasteiger partial charge < -0.3 is 5.32 Å². The number of halogens is 1. The van der Waals surface area contributed by atoms with Gasteiger partial charge in [0.15, 0.2) is 0 Å². The summed E-state index contributed by atoms with van der Waals surface area (Å²) in [6.45, 7) is 5.07. The number of anilines is 1. The predicted molar refractivity (Wildman–Crippen MR) is 90.0 cm³/mol. The van der Waals surface area contributed by atoms with E-state index in [2.05, 4.69) is 42.3 Å². The molecule has 0 unspecified atom stereocenters. The van der Waals surface area contributed by atoms with Crippen LogP contribution < -0.4 is 5.32 Å². The van der Waals surface area contributed by atoms with E-state index in [9.17, 15) is 0 Å². The van der Waals surface area contributed by atoms with Crippen molar-refractivity contribution in [1.82, 2.24) is 4.98 Å². The monoisotopic (exact) mass is 296 g/mol. The van der Waals surface area contributed by atoms with E-state index in [4.69, 9.17) is 11.6 Å². The van der Waals surface area contributed by atoms with Crippen molar-refractivity contribution < 1.29 is 0 Å². The Kier molecular flexibility index (Phi) is 3.80. The molecule has 0 aliphatic rings. The zero-order valence-corrected chi connectivity index (χ0v) is 12.9. The van der Waals surface area contributed by atoms with Crippen molar-refractivity contribution in [2.24, 2.45) is 0 Å². The zero-order chi connectivity index (χ0) is 14.8. The van der Waals surface area contributed by atoms with Gasteiger partial charge in [0.25, 0.3) is 0 Å². The number of hydrogen-bond acceptors (Lipinski definition) is 2. The molecule has 0 saturated heterocycles. The largest absolute Gasteiger partial charge is 0.379 e. The molecule has 0 fully saturated rings. The minimum Gasteiger partial charge on any atom is -0.379 e. The smallest absolute Gasteiger partial charge is 0.0948 e. The van der Waals surface area contributed by atoms with Crippen molar-refractivity contribution in [1.29, 1.82) is 0 Å². The Morgan fingerprint density at radius 3 is 2.52 bits per heavy atom. The minimum absolute atomic E-state index is 0.732. The highest BCUT2D eigenvalue weighted by Crippen LogP contribution is 2.28. The van der Waals surface area contributed by atoms with Crippen LogP contribution in [0.5, 0.6) is 0 Å². The Balaban J connectivity index is 1.94. The lowest BCUT2D eigenvalue weighted by Crippen LogP contribution is -2.04. The third kappa shape index (κ3) is 2.72. The lowest BCUT2D eigenvalue weighted by molar-refractivity contribution is 1.09. The maximum Gasteiger partial charge on any atom is 0.0948 e. The van der Waals surface area contributed by atoms with Gasteiger partial charge in [-0.25, -0.2) is 0 Å². The lowest BCUT2D eigenvalue weighted by Gasteiger charge is -2.13.